The lowest BCUT2D eigenvalue weighted by Gasteiger charge is -2.12. The highest BCUT2D eigenvalue weighted by molar-refractivity contribution is 5.20. The van der Waals surface area contributed by atoms with Gasteiger partial charge in [0.25, 0.3) is 0 Å². The average Bonchev–Trinajstić information content (AvgIpc) is 2.47. The van der Waals surface area contributed by atoms with Gasteiger partial charge in [-0.25, -0.2) is 4.98 Å². The van der Waals surface area contributed by atoms with Crippen molar-refractivity contribution in [3.63, 3.8) is 0 Å². The molecule has 0 aliphatic rings. The molecule has 0 saturated carbocycles. The molecule has 1 heterocycles. The van der Waals surface area contributed by atoms with Crippen LogP contribution in [-0.2, 0) is 0 Å². The van der Waals surface area contributed by atoms with Crippen LogP contribution in [0.25, 0.3) is 0 Å². The minimum absolute atomic E-state index is 0.365. The van der Waals surface area contributed by atoms with Crippen LogP contribution in [0.4, 0.5) is 0 Å². The van der Waals surface area contributed by atoms with E-state index in [2.05, 4.69) is 43.3 Å². The number of hydrogen-bond donors (Lipinski definition) is 0. The van der Waals surface area contributed by atoms with Gasteiger partial charge in [0, 0.05) is 18.2 Å². The molecular formula is C10H15N3. The normalized spacial score (nSPS) is 10.8. The van der Waals surface area contributed by atoms with E-state index in [0.717, 1.165) is 5.82 Å². The molecule has 1 rings (SSSR count). The molecule has 0 aliphatic heterocycles. The molecule has 0 bridgehead atoms. The van der Waals surface area contributed by atoms with E-state index < -0.39 is 0 Å². The Kier molecular flexibility index (Phi) is 2.72. The molecule has 0 saturated heterocycles. The highest BCUT2D eigenvalue weighted by Crippen LogP contribution is 2.18. The molecule has 0 spiro atoms. The van der Waals surface area contributed by atoms with Crippen LogP contribution in [0.5, 0.6) is 0 Å². The first kappa shape index (κ1) is 9.79. The van der Waals surface area contributed by atoms with Gasteiger partial charge in [-0.3, -0.25) is 0 Å². The minimum Gasteiger partial charge on any atom is -0.331 e. The van der Waals surface area contributed by atoms with Crippen LogP contribution in [0.2, 0.25) is 0 Å². The number of imidazole rings is 1. The summed E-state index contributed by atoms with van der Waals surface area (Å²) in [5.74, 6) is 1.36. The van der Waals surface area contributed by atoms with Gasteiger partial charge in [0.2, 0.25) is 0 Å². The zero-order valence-corrected chi connectivity index (χ0v) is 8.57. The maximum atomic E-state index is 8.71. The lowest BCUT2D eigenvalue weighted by Crippen LogP contribution is -2.06. The smallest absolute Gasteiger partial charge is 0.158 e. The molecule has 0 unspecified atom stereocenters. The largest absolute Gasteiger partial charge is 0.331 e. The third kappa shape index (κ3) is 1.89. The van der Waals surface area contributed by atoms with Crippen LogP contribution in [0, 0.1) is 11.3 Å². The quantitative estimate of drug-likeness (QED) is 0.696. The van der Waals surface area contributed by atoms with E-state index in [0.29, 0.717) is 17.7 Å². The van der Waals surface area contributed by atoms with E-state index >= 15 is 0 Å². The summed E-state index contributed by atoms with van der Waals surface area (Å²) < 4.78 is 2.06. The molecule has 1 aromatic rings. The van der Waals surface area contributed by atoms with Crippen molar-refractivity contribution < 1.29 is 0 Å². The molecule has 3 nitrogen and oxygen atoms in total. The summed E-state index contributed by atoms with van der Waals surface area (Å²) in [6, 6.07) is 2.43. The van der Waals surface area contributed by atoms with Gasteiger partial charge in [0.15, 0.2) is 5.69 Å². The molecule has 0 fully saturated rings. The number of hydrogen-bond acceptors (Lipinski definition) is 2. The van der Waals surface area contributed by atoms with Crippen LogP contribution < -0.4 is 0 Å². The molecule has 13 heavy (non-hydrogen) atoms. The predicted molar refractivity (Wildman–Crippen MR) is 51.4 cm³/mol. The second-order valence-corrected chi connectivity index (χ2v) is 3.75. The van der Waals surface area contributed by atoms with Crippen molar-refractivity contribution in [2.75, 3.05) is 0 Å². The van der Waals surface area contributed by atoms with Crippen molar-refractivity contribution >= 4 is 0 Å². The second kappa shape index (κ2) is 3.61. The van der Waals surface area contributed by atoms with E-state index in [9.17, 15) is 0 Å². The third-order valence-corrected chi connectivity index (χ3v) is 1.95. The predicted octanol–water partition coefficient (Wildman–Crippen LogP) is 2.46. The van der Waals surface area contributed by atoms with Gasteiger partial charge in [-0.1, -0.05) is 13.8 Å². The lowest BCUT2D eigenvalue weighted by atomic mass is 10.2. The molecule has 0 amide bonds. The van der Waals surface area contributed by atoms with E-state index in [-0.39, 0.29) is 0 Å². The Labute approximate surface area is 79.0 Å². The van der Waals surface area contributed by atoms with Crippen molar-refractivity contribution in [3.8, 4) is 6.07 Å². The summed E-state index contributed by atoms with van der Waals surface area (Å²) in [5.41, 5.74) is 0.511. The fourth-order valence-electron chi connectivity index (χ4n) is 1.30. The molecule has 0 aliphatic carbocycles. The standard InChI is InChI=1S/C10H15N3/c1-7(2)10-12-9(5-11)6-13(10)8(3)4/h6-8H,1-4H3. The molecule has 70 valence electrons. The Balaban J connectivity index is 3.17. The van der Waals surface area contributed by atoms with E-state index in [1.165, 1.54) is 0 Å². The van der Waals surface area contributed by atoms with Gasteiger partial charge >= 0.3 is 0 Å². The van der Waals surface area contributed by atoms with Crippen molar-refractivity contribution in [3.05, 3.63) is 17.7 Å². The first-order chi connectivity index (χ1) is 6.06. The number of nitriles is 1. The van der Waals surface area contributed by atoms with E-state index in [1.54, 1.807) is 0 Å². The number of aromatic nitrogens is 2. The Morgan fingerprint density at radius 2 is 2.00 bits per heavy atom. The van der Waals surface area contributed by atoms with Crippen molar-refractivity contribution in [1.29, 1.82) is 5.26 Å². The topological polar surface area (TPSA) is 41.6 Å². The Morgan fingerprint density at radius 1 is 1.38 bits per heavy atom. The fraction of sp³-hybridized carbons (Fsp3) is 0.600. The molecule has 0 atom stereocenters. The zero-order chi connectivity index (χ0) is 10.0. The van der Waals surface area contributed by atoms with E-state index in [4.69, 9.17) is 5.26 Å². The number of rotatable bonds is 2. The summed E-state index contributed by atoms with van der Waals surface area (Å²) in [6.45, 7) is 8.36. The number of nitrogens with zero attached hydrogens (tertiary/aromatic N) is 3. The first-order valence-corrected chi connectivity index (χ1v) is 4.55. The van der Waals surface area contributed by atoms with Gasteiger partial charge < -0.3 is 4.57 Å². The first-order valence-electron chi connectivity index (χ1n) is 4.55. The van der Waals surface area contributed by atoms with Gasteiger partial charge in [0.05, 0.1) is 0 Å². The van der Waals surface area contributed by atoms with Gasteiger partial charge in [-0.15, -0.1) is 0 Å². The summed E-state index contributed by atoms with van der Waals surface area (Å²) in [6.07, 6.45) is 1.82. The third-order valence-electron chi connectivity index (χ3n) is 1.95. The molecule has 3 heteroatoms. The monoisotopic (exact) mass is 177 g/mol. The Hall–Kier alpha value is -1.30. The maximum absolute atomic E-state index is 8.71. The van der Waals surface area contributed by atoms with Crippen molar-refractivity contribution in [1.82, 2.24) is 9.55 Å². The van der Waals surface area contributed by atoms with Gasteiger partial charge in [0.1, 0.15) is 11.9 Å². The van der Waals surface area contributed by atoms with Crippen LogP contribution in [0.1, 0.15) is 51.2 Å². The lowest BCUT2D eigenvalue weighted by molar-refractivity contribution is 0.550. The summed E-state index contributed by atoms with van der Waals surface area (Å²) in [7, 11) is 0. The van der Waals surface area contributed by atoms with Crippen LogP contribution in [0.3, 0.4) is 0 Å². The molecule has 0 N–H and O–H groups in total. The van der Waals surface area contributed by atoms with Crippen LogP contribution in [0.15, 0.2) is 6.20 Å². The highest BCUT2D eigenvalue weighted by Gasteiger charge is 2.12. The Morgan fingerprint density at radius 3 is 2.31 bits per heavy atom. The Bertz CT molecular complexity index is 303. The molecule has 1 aromatic heterocycles. The zero-order valence-electron chi connectivity index (χ0n) is 8.57. The highest BCUT2D eigenvalue weighted by atomic mass is 15.1. The summed E-state index contributed by atoms with van der Waals surface area (Å²) in [4.78, 5) is 4.25. The van der Waals surface area contributed by atoms with Gasteiger partial charge in [-0.2, -0.15) is 5.26 Å². The molecular weight excluding hydrogens is 162 g/mol. The minimum atomic E-state index is 0.365. The van der Waals surface area contributed by atoms with Crippen molar-refractivity contribution in [2.24, 2.45) is 0 Å². The van der Waals surface area contributed by atoms with Crippen molar-refractivity contribution in [2.45, 2.75) is 39.7 Å². The van der Waals surface area contributed by atoms with E-state index in [1.807, 2.05) is 6.20 Å². The SMILES string of the molecule is CC(C)c1nc(C#N)cn1C(C)C. The summed E-state index contributed by atoms with van der Waals surface area (Å²) >= 11 is 0. The summed E-state index contributed by atoms with van der Waals surface area (Å²) in [5, 5.41) is 8.71. The average molecular weight is 177 g/mol. The van der Waals surface area contributed by atoms with Crippen LogP contribution >= 0.6 is 0 Å². The molecule has 0 aromatic carbocycles. The van der Waals surface area contributed by atoms with Gasteiger partial charge in [-0.05, 0) is 13.8 Å². The maximum Gasteiger partial charge on any atom is 0.158 e. The van der Waals surface area contributed by atoms with Crippen LogP contribution in [-0.4, -0.2) is 9.55 Å². The molecule has 0 radical (unpaired) electrons. The fourth-order valence-corrected chi connectivity index (χ4v) is 1.30. The second-order valence-electron chi connectivity index (χ2n) is 3.75.